The van der Waals surface area contributed by atoms with E-state index in [-0.39, 0.29) is 36.8 Å². The second-order valence-corrected chi connectivity index (χ2v) is 11.3. The molecule has 2 aliphatic rings. The van der Waals surface area contributed by atoms with E-state index in [0.29, 0.717) is 25.1 Å². The van der Waals surface area contributed by atoms with Crippen LogP contribution in [-0.2, 0) is 16.1 Å². The van der Waals surface area contributed by atoms with E-state index < -0.39 is 29.4 Å². The molecule has 0 bridgehead atoms. The third kappa shape index (κ3) is 6.81. The van der Waals surface area contributed by atoms with Gasteiger partial charge in [-0.1, -0.05) is 30.3 Å². The molecule has 3 atom stereocenters. The highest BCUT2D eigenvalue weighted by Gasteiger charge is 2.49. The van der Waals surface area contributed by atoms with Crippen LogP contribution >= 0.6 is 0 Å². The van der Waals surface area contributed by atoms with Gasteiger partial charge in [0.2, 0.25) is 5.91 Å². The summed E-state index contributed by atoms with van der Waals surface area (Å²) in [5, 5.41) is 0. The fourth-order valence-electron chi connectivity index (χ4n) is 4.87. The van der Waals surface area contributed by atoms with Crippen LogP contribution in [0.4, 0.5) is 13.6 Å². The van der Waals surface area contributed by atoms with Gasteiger partial charge in [0.05, 0.1) is 0 Å². The Bertz CT molecular complexity index is 1150. The van der Waals surface area contributed by atoms with Gasteiger partial charge in [0, 0.05) is 42.7 Å². The average molecular weight is 530 g/mol. The third-order valence-corrected chi connectivity index (χ3v) is 7.00. The molecule has 0 N–H and O–H groups in total. The molecule has 0 unspecified atom stereocenters. The standard InChI is InChI=1S/C29H37F2N3O4/c1-29(2,3)38-28(36)34(17-26(35)33-12-11-21(16-33)32(4)5)25-15-22(25)23-13-20(30)14-24(31)27(23)37-18-19-9-7-6-8-10-19/h6-10,13-14,21-22,25H,11-12,15-18H2,1-5H3/t21-,22-,25+/m0/s1. The quantitative estimate of drug-likeness (QED) is 0.492. The number of nitrogens with zero attached hydrogens (tertiary/aromatic N) is 3. The number of rotatable bonds is 8. The molecule has 2 aromatic rings. The van der Waals surface area contributed by atoms with E-state index in [4.69, 9.17) is 9.47 Å². The Morgan fingerprint density at radius 2 is 1.82 bits per heavy atom. The molecule has 1 aliphatic heterocycles. The summed E-state index contributed by atoms with van der Waals surface area (Å²) in [4.78, 5) is 31.7. The lowest BCUT2D eigenvalue weighted by Gasteiger charge is -2.29. The topological polar surface area (TPSA) is 62.3 Å². The molecule has 0 aromatic heterocycles. The molecule has 1 saturated heterocycles. The van der Waals surface area contributed by atoms with Gasteiger partial charge in [0.15, 0.2) is 11.6 Å². The Balaban J connectivity index is 1.54. The summed E-state index contributed by atoms with van der Waals surface area (Å²) in [6, 6.07) is 11.2. The first-order valence-electron chi connectivity index (χ1n) is 13.0. The Hall–Kier alpha value is -3.20. The zero-order valence-corrected chi connectivity index (χ0v) is 22.7. The van der Waals surface area contributed by atoms with E-state index >= 15 is 0 Å². The molecule has 206 valence electrons. The highest BCUT2D eigenvalue weighted by atomic mass is 19.1. The van der Waals surface area contributed by atoms with Crippen LogP contribution in [0.15, 0.2) is 42.5 Å². The predicted molar refractivity (Wildman–Crippen MR) is 140 cm³/mol. The number of likely N-dealkylation sites (tertiary alicyclic amines) is 1. The van der Waals surface area contributed by atoms with Crippen molar-refractivity contribution >= 4 is 12.0 Å². The SMILES string of the molecule is CN(C)[C@H]1CCN(C(=O)CN(C(=O)OC(C)(C)C)[C@@H]2C[C@H]2c2cc(F)cc(F)c2OCc2ccccc2)C1. The molecule has 0 radical (unpaired) electrons. The number of carbonyl (C=O) groups excluding carboxylic acids is 2. The summed E-state index contributed by atoms with van der Waals surface area (Å²) >= 11 is 0. The van der Waals surface area contributed by atoms with Crippen molar-refractivity contribution in [1.29, 1.82) is 0 Å². The largest absolute Gasteiger partial charge is 0.486 e. The number of amides is 2. The van der Waals surface area contributed by atoms with Gasteiger partial charge >= 0.3 is 6.09 Å². The molecule has 1 aliphatic carbocycles. The second-order valence-electron chi connectivity index (χ2n) is 11.3. The smallest absolute Gasteiger partial charge is 0.411 e. The maximum absolute atomic E-state index is 14.9. The summed E-state index contributed by atoms with van der Waals surface area (Å²) in [6.07, 6.45) is 0.685. The van der Waals surface area contributed by atoms with Crippen LogP contribution < -0.4 is 4.74 Å². The van der Waals surface area contributed by atoms with Crippen LogP contribution in [0, 0.1) is 11.6 Å². The molecule has 2 fully saturated rings. The van der Waals surface area contributed by atoms with Crippen LogP contribution in [-0.4, -0.2) is 78.1 Å². The molecule has 0 spiro atoms. The summed E-state index contributed by atoms with van der Waals surface area (Å²) in [6.45, 7) is 6.44. The van der Waals surface area contributed by atoms with Crippen LogP contribution in [0.2, 0.25) is 0 Å². The minimum atomic E-state index is -0.798. The highest BCUT2D eigenvalue weighted by molar-refractivity contribution is 5.83. The van der Waals surface area contributed by atoms with Crippen molar-refractivity contribution in [1.82, 2.24) is 14.7 Å². The van der Waals surface area contributed by atoms with Crippen LogP contribution in [0.25, 0.3) is 0 Å². The van der Waals surface area contributed by atoms with E-state index in [1.807, 2.05) is 44.4 Å². The van der Waals surface area contributed by atoms with Gasteiger partial charge in [-0.25, -0.2) is 13.6 Å². The van der Waals surface area contributed by atoms with Crippen molar-refractivity contribution in [3.63, 3.8) is 0 Å². The molecule has 4 rings (SSSR count). The van der Waals surface area contributed by atoms with Gasteiger partial charge in [-0.3, -0.25) is 9.69 Å². The Morgan fingerprint density at radius 3 is 2.45 bits per heavy atom. The lowest BCUT2D eigenvalue weighted by atomic mass is 10.1. The number of hydrogen-bond donors (Lipinski definition) is 0. The molecule has 7 nitrogen and oxygen atoms in total. The lowest BCUT2D eigenvalue weighted by Crippen LogP contribution is -2.46. The number of likely N-dealkylation sites (N-methyl/N-ethyl adjacent to an activating group) is 1. The molecular weight excluding hydrogens is 492 g/mol. The Labute approximate surface area is 223 Å². The summed E-state index contributed by atoms with van der Waals surface area (Å²) in [5.74, 6) is -2.11. The van der Waals surface area contributed by atoms with E-state index in [1.54, 1.807) is 25.7 Å². The maximum Gasteiger partial charge on any atom is 0.411 e. The number of hydrogen-bond acceptors (Lipinski definition) is 5. The third-order valence-electron chi connectivity index (χ3n) is 7.00. The van der Waals surface area contributed by atoms with Crippen molar-refractivity contribution in [2.24, 2.45) is 0 Å². The molecule has 38 heavy (non-hydrogen) atoms. The number of ether oxygens (including phenoxy) is 2. The number of halogens is 2. The second kappa shape index (κ2) is 11.3. The first-order chi connectivity index (χ1) is 17.9. The predicted octanol–water partition coefficient (Wildman–Crippen LogP) is 4.80. The lowest BCUT2D eigenvalue weighted by molar-refractivity contribution is -0.131. The molecule has 9 heteroatoms. The van der Waals surface area contributed by atoms with Gasteiger partial charge in [-0.05, 0) is 59.3 Å². The number of benzene rings is 2. The average Bonchev–Trinajstić information content (AvgIpc) is 3.45. The number of carbonyl (C=O) groups is 2. The van der Waals surface area contributed by atoms with Gasteiger partial charge in [0.25, 0.3) is 0 Å². The molecule has 1 heterocycles. The van der Waals surface area contributed by atoms with Crippen molar-refractivity contribution in [2.45, 2.75) is 63.8 Å². The Morgan fingerprint density at radius 1 is 1.11 bits per heavy atom. The molecule has 2 aromatic carbocycles. The van der Waals surface area contributed by atoms with E-state index in [0.717, 1.165) is 18.1 Å². The molecular formula is C29H37F2N3O4. The van der Waals surface area contributed by atoms with E-state index in [2.05, 4.69) is 4.90 Å². The van der Waals surface area contributed by atoms with Gasteiger partial charge in [0.1, 0.15) is 24.6 Å². The van der Waals surface area contributed by atoms with Gasteiger partial charge < -0.3 is 19.3 Å². The van der Waals surface area contributed by atoms with Crippen molar-refractivity contribution < 1.29 is 27.8 Å². The monoisotopic (exact) mass is 529 g/mol. The fraction of sp³-hybridized carbons (Fsp3) is 0.517. The van der Waals surface area contributed by atoms with Gasteiger partial charge in [-0.15, -0.1) is 0 Å². The van der Waals surface area contributed by atoms with Crippen molar-refractivity contribution in [2.75, 3.05) is 33.7 Å². The summed E-state index contributed by atoms with van der Waals surface area (Å²) in [5.41, 5.74) is 0.428. The van der Waals surface area contributed by atoms with Gasteiger partial charge in [-0.2, -0.15) is 0 Å². The van der Waals surface area contributed by atoms with E-state index in [9.17, 15) is 18.4 Å². The van der Waals surface area contributed by atoms with E-state index in [1.165, 1.54) is 11.0 Å². The molecule has 2 amide bonds. The van der Waals surface area contributed by atoms with Crippen molar-refractivity contribution in [3.05, 3.63) is 65.2 Å². The Kier molecular flexibility index (Phi) is 8.25. The van der Waals surface area contributed by atoms with Crippen molar-refractivity contribution in [3.8, 4) is 5.75 Å². The first kappa shape index (κ1) is 27.8. The minimum Gasteiger partial charge on any atom is -0.486 e. The molecule has 1 saturated carbocycles. The van der Waals surface area contributed by atoms with Crippen LogP contribution in [0.1, 0.15) is 50.7 Å². The van der Waals surface area contributed by atoms with Crippen LogP contribution in [0.5, 0.6) is 5.75 Å². The maximum atomic E-state index is 14.9. The normalized spacial score (nSPS) is 20.9. The fourth-order valence-corrected chi connectivity index (χ4v) is 4.87. The minimum absolute atomic E-state index is 0.0356. The highest BCUT2D eigenvalue weighted by Crippen LogP contribution is 2.49. The zero-order chi connectivity index (χ0) is 27.6. The summed E-state index contributed by atoms with van der Waals surface area (Å²) < 4.78 is 40.7. The van der Waals surface area contributed by atoms with Crippen LogP contribution in [0.3, 0.4) is 0 Å². The zero-order valence-electron chi connectivity index (χ0n) is 22.7. The first-order valence-corrected chi connectivity index (χ1v) is 13.0. The summed E-state index contributed by atoms with van der Waals surface area (Å²) in [7, 11) is 3.96.